The van der Waals surface area contributed by atoms with Crippen molar-refractivity contribution in [3.63, 3.8) is 0 Å². The molecular weight excluding hydrogens is 315 g/mol. The highest BCUT2D eigenvalue weighted by atomic mass is 19.4. The quantitative estimate of drug-likeness (QED) is 0.814. The third-order valence-corrected chi connectivity index (χ3v) is 2.94. The van der Waals surface area contributed by atoms with Crippen molar-refractivity contribution in [3.8, 4) is 0 Å². The summed E-state index contributed by atoms with van der Waals surface area (Å²) in [5.41, 5.74) is 3.54. The summed E-state index contributed by atoms with van der Waals surface area (Å²) < 4.78 is 42.1. The van der Waals surface area contributed by atoms with Gasteiger partial charge < -0.3 is 15.0 Å². The third-order valence-electron chi connectivity index (χ3n) is 2.94. The number of carbonyl (C=O) groups is 1. The van der Waals surface area contributed by atoms with Gasteiger partial charge in [-0.15, -0.1) is 0 Å². The Morgan fingerprint density at radius 1 is 1.35 bits per heavy atom. The van der Waals surface area contributed by atoms with E-state index in [9.17, 15) is 18.0 Å². The topological polar surface area (TPSA) is 62.8 Å². The van der Waals surface area contributed by atoms with Crippen LogP contribution in [0.5, 0.6) is 0 Å². The molecule has 2 rings (SSSR count). The number of anilines is 1. The second-order valence-corrected chi connectivity index (χ2v) is 4.62. The second kappa shape index (κ2) is 7.23. The molecule has 1 heterocycles. The number of rotatable bonds is 5. The van der Waals surface area contributed by atoms with Crippen LogP contribution in [-0.2, 0) is 16.1 Å². The van der Waals surface area contributed by atoms with E-state index in [2.05, 4.69) is 15.5 Å². The van der Waals surface area contributed by atoms with Gasteiger partial charge in [0.1, 0.15) is 0 Å². The second-order valence-electron chi connectivity index (χ2n) is 4.62. The molecule has 9 heteroatoms. The van der Waals surface area contributed by atoms with E-state index in [1.54, 1.807) is 31.2 Å². The van der Waals surface area contributed by atoms with Gasteiger partial charge in [-0.25, -0.2) is 10.3 Å². The molecule has 0 atom stereocenters. The molecule has 2 amide bonds. The van der Waals surface area contributed by atoms with Crippen molar-refractivity contribution in [2.24, 2.45) is 0 Å². The molecule has 1 aliphatic rings. The summed E-state index contributed by atoms with van der Waals surface area (Å²) in [6, 6.07) is 6.24. The summed E-state index contributed by atoms with van der Waals surface area (Å²) in [5.74, 6) is -1.02. The van der Waals surface area contributed by atoms with Crippen molar-refractivity contribution in [2.45, 2.75) is 19.6 Å². The molecule has 0 radical (unpaired) electrons. The minimum atomic E-state index is -4.49. The molecule has 2 N–H and O–H groups in total. The summed E-state index contributed by atoms with van der Waals surface area (Å²) >= 11 is 0. The Balaban J connectivity index is 1.90. The molecule has 0 bridgehead atoms. The summed E-state index contributed by atoms with van der Waals surface area (Å²) in [6.45, 7) is 2.16. The lowest BCUT2D eigenvalue weighted by atomic mass is 10.2. The number of allylic oxidation sites excluding steroid dienone is 1. The van der Waals surface area contributed by atoms with Crippen LogP contribution in [-0.4, -0.2) is 25.5 Å². The van der Waals surface area contributed by atoms with Gasteiger partial charge in [-0.2, -0.15) is 13.2 Å². The van der Waals surface area contributed by atoms with Gasteiger partial charge in [0, 0.05) is 12.2 Å². The standard InChI is InChI=1S/C14H16F3N3O3/c1-2-23-19-13(21)18-7-10-3-5-11(6-4-10)20-8-12(22-9-20)14(15,16)17/h3-6,8H,2,7,9H2,1H3,(H2,18,19,21). The Bertz CT molecular complexity index is 573. The summed E-state index contributed by atoms with van der Waals surface area (Å²) in [6.07, 6.45) is -3.57. The van der Waals surface area contributed by atoms with Crippen molar-refractivity contribution in [1.29, 1.82) is 0 Å². The maximum Gasteiger partial charge on any atom is 0.450 e. The average molecular weight is 331 g/mol. The minimum absolute atomic E-state index is 0.191. The Hall–Kier alpha value is -2.42. The number of nitrogens with one attached hydrogen (secondary N) is 2. The van der Waals surface area contributed by atoms with E-state index in [4.69, 9.17) is 4.84 Å². The highest BCUT2D eigenvalue weighted by molar-refractivity contribution is 5.72. The lowest BCUT2D eigenvalue weighted by Crippen LogP contribution is -2.34. The van der Waals surface area contributed by atoms with Crippen molar-refractivity contribution >= 4 is 11.7 Å². The first kappa shape index (κ1) is 16.9. The van der Waals surface area contributed by atoms with Gasteiger partial charge in [-0.3, -0.25) is 4.84 Å². The number of nitrogens with zero attached hydrogens (tertiary/aromatic N) is 1. The maximum atomic E-state index is 12.5. The lowest BCUT2D eigenvalue weighted by molar-refractivity contribution is -0.126. The Labute approximate surface area is 130 Å². The number of halogens is 3. The molecule has 0 fully saturated rings. The number of urea groups is 1. The zero-order valence-electron chi connectivity index (χ0n) is 12.3. The van der Waals surface area contributed by atoms with Gasteiger partial charge >= 0.3 is 12.2 Å². The monoisotopic (exact) mass is 331 g/mol. The number of alkyl halides is 3. The lowest BCUT2D eigenvalue weighted by Gasteiger charge is -2.14. The average Bonchev–Trinajstić information content (AvgIpc) is 3.01. The van der Waals surface area contributed by atoms with Gasteiger partial charge in [0.15, 0.2) is 6.73 Å². The summed E-state index contributed by atoms with van der Waals surface area (Å²) in [4.78, 5) is 17.4. The van der Waals surface area contributed by atoms with Crippen LogP contribution in [0.2, 0.25) is 0 Å². The predicted octanol–water partition coefficient (Wildman–Crippen LogP) is 2.64. The molecule has 0 aliphatic carbocycles. The minimum Gasteiger partial charge on any atom is -0.466 e. The maximum absolute atomic E-state index is 12.5. The molecular formula is C14H16F3N3O3. The summed E-state index contributed by atoms with van der Waals surface area (Å²) in [5, 5.41) is 2.58. The van der Waals surface area contributed by atoms with E-state index in [0.29, 0.717) is 12.3 Å². The largest absolute Gasteiger partial charge is 0.466 e. The van der Waals surface area contributed by atoms with E-state index in [-0.39, 0.29) is 13.3 Å². The molecule has 0 spiro atoms. The van der Waals surface area contributed by atoms with Crippen LogP contribution in [0.3, 0.4) is 0 Å². The molecule has 1 aliphatic heterocycles. The number of ether oxygens (including phenoxy) is 1. The molecule has 1 aromatic rings. The van der Waals surface area contributed by atoms with Crippen molar-refractivity contribution in [1.82, 2.24) is 10.8 Å². The highest BCUT2D eigenvalue weighted by Crippen LogP contribution is 2.32. The highest BCUT2D eigenvalue weighted by Gasteiger charge is 2.39. The molecule has 0 unspecified atom stereocenters. The van der Waals surface area contributed by atoms with Gasteiger partial charge in [-0.1, -0.05) is 12.1 Å². The van der Waals surface area contributed by atoms with Crippen LogP contribution in [0, 0.1) is 0 Å². The molecule has 0 saturated carbocycles. The van der Waals surface area contributed by atoms with Gasteiger partial charge in [0.25, 0.3) is 0 Å². The number of benzene rings is 1. The SMILES string of the molecule is CCONC(=O)NCc1ccc(N2C=C(C(F)(F)F)OC2)cc1. The fourth-order valence-corrected chi connectivity index (χ4v) is 1.82. The van der Waals surface area contributed by atoms with Crippen LogP contribution >= 0.6 is 0 Å². The third kappa shape index (κ3) is 4.78. The first-order chi connectivity index (χ1) is 10.9. The van der Waals surface area contributed by atoms with Crippen LogP contribution < -0.4 is 15.7 Å². The van der Waals surface area contributed by atoms with Gasteiger partial charge in [0.2, 0.25) is 5.76 Å². The zero-order valence-corrected chi connectivity index (χ0v) is 12.3. The van der Waals surface area contributed by atoms with E-state index < -0.39 is 18.0 Å². The fraction of sp³-hybridized carbons (Fsp3) is 0.357. The Kier molecular flexibility index (Phi) is 5.32. The van der Waals surface area contributed by atoms with E-state index in [0.717, 1.165) is 11.8 Å². The number of amides is 2. The summed E-state index contributed by atoms with van der Waals surface area (Å²) in [7, 11) is 0. The first-order valence-corrected chi connectivity index (χ1v) is 6.83. The molecule has 126 valence electrons. The first-order valence-electron chi connectivity index (χ1n) is 6.83. The van der Waals surface area contributed by atoms with Crippen LogP contribution in [0.25, 0.3) is 0 Å². The Morgan fingerprint density at radius 3 is 2.61 bits per heavy atom. The van der Waals surface area contributed by atoms with Crippen LogP contribution in [0.15, 0.2) is 36.2 Å². The zero-order chi connectivity index (χ0) is 16.9. The van der Waals surface area contributed by atoms with Crippen LogP contribution in [0.1, 0.15) is 12.5 Å². The molecule has 1 aromatic carbocycles. The molecule has 0 saturated heterocycles. The number of hydroxylamine groups is 1. The van der Waals surface area contributed by atoms with E-state index in [1.165, 1.54) is 4.90 Å². The Morgan fingerprint density at radius 2 is 2.04 bits per heavy atom. The molecule has 23 heavy (non-hydrogen) atoms. The fourth-order valence-electron chi connectivity index (χ4n) is 1.82. The van der Waals surface area contributed by atoms with Gasteiger partial charge in [-0.05, 0) is 24.6 Å². The van der Waals surface area contributed by atoms with Crippen LogP contribution in [0.4, 0.5) is 23.7 Å². The van der Waals surface area contributed by atoms with Crippen molar-refractivity contribution < 1.29 is 27.5 Å². The number of hydrogen-bond donors (Lipinski definition) is 2. The van der Waals surface area contributed by atoms with Crippen molar-refractivity contribution in [3.05, 3.63) is 41.8 Å². The van der Waals surface area contributed by atoms with Gasteiger partial charge in [0.05, 0.1) is 12.8 Å². The normalized spacial score (nSPS) is 14.3. The van der Waals surface area contributed by atoms with Crippen molar-refractivity contribution in [2.75, 3.05) is 18.2 Å². The van der Waals surface area contributed by atoms with E-state index in [1.807, 2.05) is 0 Å². The molecule has 0 aromatic heterocycles. The number of carbonyl (C=O) groups excluding carboxylic acids is 1. The van der Waals surface area contributed by atoms with E-state index >= 15 is 0 Å². The predicted molar refractivity (Wildman–Crippen MR) is 76.0 cm³/mol. The number of hydrogen-bond acceptors (Lipinski definition) is 4. The molecule has 6 nitrogen and oxygen atoms in total. The smallest absolute Gasteiger partial charge is 0.450 e.